The highest BCUT2D eigenvalue weighted by molar-refractivity contribution is 5.91. The number of nitrogens with one attached hydrogen (secondary N) is 1. The predicted molar refractivity (Wildman–Crippen MR) is 130 cm³/mol. The van der Waals surface area contributed by atoms with Crippen LogP contribution in [0, 0.1) is 6.92 Å². The number of nitrogens with zero attached hydrogens (tertiary/aromatic N) is 5. The van der Waals surface area contributed by atoms with Gasteiger partial charge in [-0.2, -0.15) is 18.3 Å². The predicted octanol–water partition coefficient (Wildman–Crippen LogP) is 3.60. The Labute approximate surface area is 221 Å². The van der Waals surface area contributed by atoms with Crippen molar-refractivity contribution in [1.82, 2.24) is 29.5 Å². The van der Waals surface area contributed by atoms with Gasteiger partial charge in [0.2, 0.25) is 5.91 Å². The number of hydrogen-bond donors (Lipinski definition) is 1. The molecule has 0 unspecified atom stereocenters. The quantitative estimate of drug-likeness (QED) is 0.501. The van der Waals surface area contributed by atoms with E-state index < -0.39 is 49.4 Å². The first-order chi connectivity index (χ1) is 19.2. The second-order valence-corrected chi connectivity index (χ2v) is 9.72. The molecule has 2 fully saturated rings. The van der Waals surface area contributed by atoms with Crippen molar-refractivity contribution in [1.29, 1.82) is 0 Å². The lowest BCUT2D eigenvalue weighted by Gasteiger charge is -2.31. The molecule has 202 valence electrons. The largest absolute Gasteiger partial charge is 0.496 e. The maximum absolute atomic E-state index is 13.8. The molecule has 3 aromatic rings. The van der Waals surface area contributed by atoms with Gasteiger partial charge in [0.05, 0.1) is 28.9 Å². The summed E-state index contributed by atoms with van der Waals surface area (Å²) in [4.78, 5) is 32.2. The molecule has 0 bridgehead atoms. The molecule has 1 aliphatic heterocycles. The smallest absolute Gasteiger partial charge is 0.433 e. The Morgan fingerprint density at radius 1 is 1.26 bits per heavy atom. The molecular weight excluding hydrogens is 501 g/mol. The number of alkyl halides is 3. The van der Waals surface area contributed by atoms with Gasteiger partial charge in [0.1, 0.15) is 18.0 Å². The molecule has 2 amide bonds. The fourth-order valence-corrected chi connectivity index (χ4v) is 5.07. The minimum atomic E-state index is -4.69. The summed E-state index contributed by atoms with van der Waals surface area (Å²) in [5.74, 6) is -0.947. The highest BCUT2D eigenvalue weighted by atomic mass is 19.4. The first-order valence-electron chi connectivity index (χ1n) is 13.7. The highest BCUT2D eigenvalue weighted by Crippen LogP contribution is 2.42. The van der Waals surface area contributed by atoms with Gasteiger partial charge in [0, 0.05) is 31.9 Å². The summed E-state index contributed by atoms with van der Waals surface area (Å²) in [6, 6.07) is 4.26. The number of aromatic nitrogens is 4. The van der Waals surface area contributed by atoms with Crippen LogP contribution < -0.4 is 10.1 Å². The van der Waals surface area contributed by atoms with Gasteiger partial charge in [0.25, 0.3) is 5.91 Å². The van der Waals surface area contributed by atoms with Crippen LogP contribution >= 0.6 is 0 Å². The fraction of sp³-hybridized carbons (Fsp3) is 0.462. The van der Waals surface area contributed by atoms with E-state index in [0.29, 0.717) is 27.9 Å². The Bertz CT molecular complexity index is 1460. The summed E-state index contributed by atoms with van der Waals surface area (Å²) >= 11 is 0. The van der Waals surface area contributed by atoms with E-state index in [4.69, 9.17) is 8.85 Å². The normalized spacial score (nSPS) is 21.1. The number of carbonyl (C=O) groups is 2. The third kappa shape index (κ3) is 4.86. The summed E-state index contributed by atoms with van der Waals surface area (Å²) in [7, 11) is -1.07. The van der Waals surface area contributed by atoms with E-state index in [1.807, 2.05) is 0 Å². The number of aryl methyl sites for hydroxylation is 1. The van der Waals surface area contributed by atoms with Crippen LogP contribution in [0.25, 0.3) is 0 Å². The number of likely N-dealkylation sites (tertiary alicyclic amines) is 1. The van der Waals surface area contributed by atoms with Crippen LogP contribution in [-0.2, 0) is 24.6 Å². The standard InChI is InChI=1S/C26H29F3N6O3/c1-15-17(5-4-6-20(15)38-3)23-18(31-25(37)24-30-10-12-33(24)2)9-11-34(23)22(36)14-35-21(26(27,28)29)13-19(32-35)16-7-8-16/h4-6,10,12-13,16,18,23H,7-9,11,14H2,1-3H3,(H,31,37)/t18-,23-/m1/s1/i3D3. The van der Waals surface area contributed by atoms with Crippen molar-refractivity contribution in [3.63, 3.8) is 0 Å². The van der Waals surface area contributed by atoms with Crippen molar-refractivity contribution in [2.24, 2.45) is 7.05 Å². The van der Waals surface area contributed by atoms with Gasteiger partial charge in [-0.1, -0.05) is 12.1 Å². The number of methoxy groups -OCH3 is 1. The highest BCUT2D eigenvalue weighted by Gasteiger charge is 2.42. The molecule has 0 radical (unpaired) electrons. The van der Waals surface area contributed by atoms with Gasteiger partial charge in [-0.3, -0.25) is 14.3 Å². The molecule has 1 aliphatic carbocycles. The molecule has 1 aromatic carbocycles. The molecule has 5 rings (SSSR count). The number of imidazole rings is 1. The SMILES string of the molecule is [2H]C([2H])([2H])Oc1cccc([C@@H]2[C@H](NC(=O)c3nccn3C)CCN2C(=O)Cn2nc(C3CC3)cc2C(F)(F)F)c1C. The molecular formula is C26H29F3N6O3. The molecule has 2 aromatic heterocycles. The van der Waals surface area contributed by atoms with Crippen LogP contribution in [0.3, 0.4) is 0 Å². The summed E-state index contributed by atoms with van der Waals surface area (Å²) in [5, 5.41) is 7.02. The Balaban J connectivity index is 1.48. The molecule has 1 saturated heterocycles. The lowest BCUT2D eigenvalue weighted by atomic mass is 9.95. The second kappa shape index (κ2) is 9.80. The summed E-state index contributed by atoms with van der Waals surface area (Å²) in [6.07, 6.45) is 0.184. The van der Waals surface area contributed by atoms with Crippen LogP contribution in [-0.4, -0.2) is 55.7 Å². The summed E-state index contributed by atoms with van der Waals surface area (Å²) in [5.41, 5.74) is 0.245. The Morgan fingerprint density at radius 2 is 2.05 bits per heavy atom. The average Bonchev–Trinajstić information content (AvgIpc) is 3.26. The lowest BCUT2D eigenvalue weighted by Crippen LogP contribution is -2.43. The zero-order valence-electron chi connectivity index (χ0n) is 23.8. The van der Waals surface area contributed by atoms with Gasteiger partial charge >= 0.3 is 6.18 Å². The van der Waals surface area contributed by atoms with Gasteiger partial charge in [-0.05, 0) is 49.4 Å². The number of halogens is 3. The van der Waals surface area contributed by atoms with Crippen LogP contribution in [0.1, 0.15) is 68.5 Å². The number of benzene rings is 1. The average molecular weight is 534 g/mol. The molecule has 3 heterocycles. The van der Waals surface area contributed by atoms with Crippen molar-refractivity contribution in [2.75, 3.05) is 13.6 Å². The van der Waals surface area contributed by atoms with Crippen molar-refractivity contribution >= 4 is 11.8 Å². The maximum Gasteiger partial charge on any atom is 0.433 e. The topological polar surface area (TPSA) is 94.3 Å². The molecule has 0 spiro atoms. The third-order valence-electron chi connectivity index (χ3n) is 7.18. The fourth-order valence-electron chi connectivity index (χ4n) is 5.07. The van der Waals surface area contributed by atoms with E-state index >= 15 is 0 Å². The number of amides is 2. The Hall–Kier alpha value is -3.83. The van der Waals surface area contributed by atoms with E-state index in [-0.39, 0.29) is 24.0 Å². The van der Waals surface area contributed by atoms with Gasteiger partial charge < -0.3 is 19.5 Å². The first kappa shape index (κ1) is 22.2. The Kier molecular flexibility index (Phi) is 5.72. The molecule has 38 heavy (non-hydrogen) atoms. The minimum Gasteiger partial charge on any atom is -0.496 e. The molecule has 1 N–H and O–H groups in total. The molecule has 9 nitrogen and oxygen atoms in total. The summed E-state index contributed by atoms with van der Waals surface area (Å²) < 4.78 is 71.3. The van der Waals surface area contributed by atoms with Crippen molar-refractivity contribution in [3.8, 4) is 5.75 Å². The van der Waals surface area contributed by atoms with Gasteiger partial charge in [-0.15, -0.1) is 0 Å². The first-order valence-corrected chi connectivity index (χ1v) is 12.2. The van der Waals surface area contributed by atoms with E-state index in [9.17, 15) is 22.8 Å². The van der Waals surface area contributed by atoms with E-state index in [2.05, 4.69) is 15.4 Å². The van der Waals surface area contributed by atoms with Crippen molar-refractivity contribution < 1.29 is 31.6 Å². The summed E-state index contributed by atoms with van der Waals surface area (Å²) in [6.45, 7) is 1.12. The molecule has 2 aliphatic rings. The second-order valence-electron chi connectivity index (χ2n) is 9.72. The number of rotatable bonds is 7. The van der Waals surface area contributed by atoms with E-state index in [1.165, 1.54) is 21.7 Å². The molecule has 2 atom stereocenters. The molecule has 12 heteroatoms. The third-order valence-corrected chi connectivity index (χ3v) is 7.18. The van der Waals surface area contributed by atoms with Crippen molar-refractivity contribution in [3.05, 3.63) is 65.0 Å². The monoisotopic (exact) mass is 533 g/mol. The van der Waals surface area contributed by atoms with Crippen LogP contribution in [0.15, 0.2) is 36.7 Å². The van der Waals surface area contributed by atoms with E-state index in [1.54, 1.807) is 32.3 Å². The van der Waals surface area contributed by atoms with Crippen LogP contribution in [0.2, 0.25) is 0 Å². The lowest BCUT2D eigenvalue weighted by molar-refractivity contribution is -0.146. The zero-order chi connectivity index (χ0) is 29.7. The van der Waals surface area contributed by atoms with Crippen LogP contribution in [0.4, 0.5) is 13.2 Å². The number of ether oxygens (including phenoxy) is 1. The van der Waals surface area contributed by atoms with Crippen LogP contribution in [0.5, 0.6) is 5.75 Å². The number of carbonyl (C=O) groups excluding carboxylic acids is 2. The molecule has 1 saturated carbocycles. The Morgan fingerprint density at radius 3 is 2.71 bits per heavy atom. The minimum absolute atomic E-state index is 0.0404. The van der Waals surface area contributed by atoms with E-state index in [0.717, 1.165) is 18.9 Å². The zero-order valence-corrected chi connectivity index (χ0v) is 20.8. The maximum atomic E-state index is 13.8. The number of hydrogen-bond acceptors (Lipinski definition) is 5. The van der Waals surface area contributed by atoms with Gasteiger partial charge in [0.15, 0.2) is 5.82 Å². The van der Waals surface area contributed by atoms with Gasteiger partial charge in [-0.25, -0.2) is 4.98 Å². The van der Waals surface area contributed by atoms with Crippen molar-refractivity contribution in [2.45, 2.75) is 56.9 Å².